The van der Waals surface area contributed by atoms with E-state index in [1.807, 2.05) is 0 Å². The predicted octanol–water partition coefficient (Wildman–Crippen LogP) is 1.43. The normalized spacial score (nSPS) is 18.3. The van der Waals surface area contributed by atoms with Crippen LogP contribution in [0.25, 0.3) is 0 Å². The van der Waals surface area contributed by atoms with Gasteiger partial charge in [0.05, 0.1) is 0 Å². The van der Waals surface area contributed by atoms with Crippen LogP contribution in [-0.4, -0.2) is 24.0 Å². The summed E-state index contributed by atoms with van der Waals surface area (Å²) in [6.07, 6.45) is 3.86. The zero-order chi connectivity index (χ0) is 10.6. The lowest BCUT2D eigenvalue weighted by Crippen LogP contribution is -2.34. The summed E-state index contributed by atoms with van der Waals surface area (Å²) in [6.45, 7) is 7.27. The van der Waals surface area contributed by atoms with E-state index in [4.69, 9.17) is 0 Å². The summed E-state index contributed by atoms with van der Waals surface area (Å²) in [5.74, 6) is 0.204. The van der Waals surface area contributed by atoms with Crippen molar-refractivity contribution in [1.82, 2.24) is 10.6 Å². The van der Waals surface area contributed by atoms with Crippen molar-refractivity contribution in [2.45, 2.75) is 58.0 Å². The summed E-state index contributed by atoms with van der Waals surface area (Å²) in [7, 11) is 0. The van der Waals surface area contributed by atoms with Gasteiger partial charge in [-0.1, -0.05) is 13.8 Å². The molecule has 0 aromatic heterocycles. The Morgan fingerprint density at radius 1 is 1.43 bits per heavy atom. The standard InChI is InChI=1S/C11H22N2O/c1-9(2)12-8-4-5-10(14)13-11(3)6-7-11/h9,12H,4-8H2,1-3H3,(H,13,14). The molecule has 82 valence electrons. The van der Waals surface area contributed by atoms with Crippen molar-refractivity contribution < 1.29 is 4.79 Å². The van der Waals surface area contributed by atoms with Gasteiger partial charge >= 0.3 is 0 Å². The molecule has 14 heavy (non-hydrogen) atoms. The van der Waals surface area contributed by atoms with Gasteiger partial charge in [0.25, 0.3) is 0 Å². The summed E-state index contributed by atoms with van der Waals surface area (Å²) >= 11 is 0. The number of carbonyl (C=O) groups is 1. The van der Waals surface area contributed by atoms with E-state index < -0.39 is 0 Å². The topological polar surface area (TPSA) is 41.1 Å². The number of hydrogen-bond donors (Lipinski definition) is 2. The molecule has 0 aliphatic heterocycles. The van der Waals surface area contributed by atoms with Gasteiger partial charge in [-0.2, -0.15) is 0 Å². The van der Waals surface area contributed by atoms with Crippen molar-refractivity contribution in [2.24, 2.45) is 0 Å². The zero-order valence-corrected chi connectivity index (χ0v) is 9.52. The zero-order valence-electron chi connectivity index (χ0n) is 9.52. The molecule has 0 aromatic rings. The van der Waals surface area contributed by atoms with Gasteiger partial charge in [0.15, 0.2) is 0 Å². The Morgan fingerprint density at radius 3 is 2.57 bits per heavy atom. The molecule has 3 heteroatoms. The second-order valence-electron chi connectivity index (χ2n) is 4.82. The maximum Gasteiger partial charge on any atom is 0.220 e. The maximum atomic E-state index is 11.4. The van der Waals surface area contributed by atoms with Crippen LogP contribution in [0.15, 0.2) is 0 Å². The van der Waals surface area contributed by atoms with Crippen LogP contribution in [0, 0.1) is 0 Å². The van der Waals surface area contributed by atoms with Gasteiger partial charge in [0, 0.05) is 18.0 Å². The third-order valence-corrected chi connectivity index (χ3v) is 2.57. The number of rotatable bonds is 6. The summed E-state index contributed by atoms with van der Waals surface area (Å²) in [4.78, 5) is 11.4. The average molecular weight is 198 g/mol. The number of amides is 1. The van der Waals surface area contributed by atoms with E-state index in [0.717, 1.165) is 25.8 Å². The number of nitrogens with one attached hydrogen (secondary N) is 2. The van der Waals surface area contributed by atoms with Gasteiger partial charge in [0.2, 0.25) is 5.91 Å². The minimum absolute atomic E-state index is 0.141. The summed E-state index contributed by atoms with van der Waals surface area (Å²) < 4.78 is 0. The minimum Gasteiger partial charge on any atom is -0.351 e. The fourth-order valence-electron chi connectivity index (χ4n) is 1.35. The molecule has 0 unspecified atom stereocenters. The van der Waals surface area contributed by atoms with Crippen LogP contribution < -0.4 is 10.6 Å². The molecule has 1 fully saturated rings. The maximum absolute atomic E-state index is 11.4. The Morgan fingerprint density at radius 2 is 2.07 bits per heavy atom. The third kappa shape index (κ3) is 4.61. The summed E-state index contributed by atoms with van der Waals surface area (Å²) in [5.41, 5.74) is 0.141. The van der Waals surface area contributed by atoms with Gasteiger partial charge in [-0.05, 0) is 32.7 Å². The van der Waals surface area contributed by atoms with E-state index in [-0.39, 0.29) is 11.4 Å². The summed E-state index contributed by atoms with van der Waals surface area (Å²) in [5, 5.41) is 6.35. The molecule has 0 radical (unpaired) electrons. The van der Waals surface area contributed by atoms with Crippen LogP contribution in [0.5, 0.6) is 0 Å². The molecule has 0 spiro atoms. The van der Waals surface area contributed by atoms with E-state index in [0.29, 0.717) is 12.5 Å². The molecule has 1 rings (SSSR count). The van der Waals surface area contributed by atoms with Gasteiger partial charge in [-0.3, -0.25) is 4.79 Å². The lowest BCUT2D eigenvalue weighted by atomic mass is 10.2. The SMILES string of the molecule is CC(C)NCCCC(=O)NC1(C)CC1. The van der Waals surface area contributed by atoms with Crippen LogP contribution in [0.2, 0.25) is 0 Å². The van der Waals surface area contributed by atoms with Gasteiger partial charge in [-0.15, -0.1) is 0 Å². The lowest BCUT2D eigenvalue weighted by Gasteiger charge is -2.12. The fourth-order valence-corrected chi connectivity index (χ4v) is 1.35. The highest BCUT2D eigenvalue weighted by atomic mass is 16.1. The first-order chi connectivity index (χ1) is 6.52. The molecule has 2 N–H and O–H groups in total. The lowest BCUT2D eigenvalue weighted by molar-refractivity contribution is -0.122. The fraction of sp³-hybridized carbons (Fsp3) is 0.909. The highest BCUT2D eigenvalue weighted by Gasteiger charge is 2.38. The van der Waals surface area contributed by atoms with Crippen LogP contribution in [0.1, 0.15) is 46.5 Å². The van der Waals surface area contributed by atoms with Gasteiger partial charge in [-0.25, -0.2) is 0 Å². The van der Waals surface area contributed by atoms with Crippen LogP contribution in [0.4, 0.5) is 0 Å². The van der Waals surface area contributed by atoms with Crippen molar-refractivity contribution in [2.75, 3.05) is 6.54 Å². The number of hydrogen-bond acceptors (Lipinski definition) is 2. The van der Waals surface area contributed by atoms with Crippen molar-refractivity contribution >= 4 is 5.91 Å². The smallest absolute Gasteiger partial charge is 0.220 e. The molecule has 1 amide bonds. The molecule has 1 aliphatic rings. The molecule has 0 heterocycles. The van der Waals surface area contributed by atoms with Crippen molar-refractivity contribution in [1.29, 1.82) is 0 Å². The molecule has 3 nitrogen and oxygen atoms in total. The van der Waals surface area contributed by atoms with Crippen molar-refractivity contribution in [3.63, 3.8) is 0 Å². The third-order valence-electron chi connectivity index (χ3n) is 2.57. The molecule has 0 aromatic carbocycles. The predicted molar refractivity (Wildman–Crippen MR) is 58.2 cm³/mol. The van der Waals surface area contributed by atoms with Gasteiger partial charge in [0.1, 0.15) is 0 Å². The molecule has 0 atom stereocenters. The van der Waals surface area contributed by atoms with Crippen molar-refractivity contribution in [3.05, 3.63) is 0 Å². The molecule has 1 saturated carbocycles. The molecule has 0 saturated heterocycles. The monoisotopic (exact) mass is 198 g/mol. The van der Waals surface area contributed by atoms with Crippen molar-refractivity contribution in [3.8, 4) is 0 Å². The largest absolute Gasteiger partial charge is 0.351 e. The Balaban J connectivity index is 1.98. The van der Waals surface area contributed by atoms with E-state index in [1.165, 1.54) is 0 Å². The first kappa shape index (κ1) is 11.5. The average Bonchev–Trinajstić information content (AvgIpc) is 2.77. The van der Waals surface area contributed by atoms with Crippen LogP contribution in [0.3, 0.4) is 0 Å². The number of carbonyl (C=O) groups excluding carboxylic acids is 1. The van der Waals surface area contributed by atoms with Crippen LogP contribution >= 0.6 is 0 Å². The first-order valence-corrected chi connectivity index (χ1v) is 5.56. The Kier molecular flexibility index (Phi) is 3.93. The Hall–Kier alpha value is -0.570. The molecular formula is C11H22N2O. The molecule has 0 bridgehead atoms. The van der Waals surface area contributed by atoms with Gasteiger partial charge < -0.3 is 10.6 Å². The quantitative estimate of drug-likeness (QED) is 0.634. The van der Waals surface area contributed by atoms with E-state index in [2.05, 4.69) is 31.4 Å². The van der Waals surface area contributed by atoms with E-state index in [9.17, 15) is 4.79 Å². The highest BCUT2D eigenvalue weighted by molar-refractivity contribution is 5.77. The van der Waals surface area contributed by atoms with E-state index >= 15 is 0 Å². The highest BCUT2D eigenvalue weighted by Crippen LogP contribution is 2.34. The Bertz CT molecular complexity index is 197. The second-order valence-corrected chi connectivity index (χ2v) is 4.82. The molecular weight excluding hydrogens is 176 g/mol. The Labute approximate surface area is 86.6 Å². The second kappa shape index (κ2) is 4.78. The molecule has 1 aliphatic carbocycles. The first-order valence-electron chi connectivity index (χ1n) is 5.56. The van der Waals surface area contributed by atoms with Crippen LogP contribution in [-0.2, 0) is 4.79 Å². The minimum atomic E-state index is 0.141. The van der Waals surface area contributed by atoms with E-state index in [1.54, 1.807) is 0 Å². The summed E-state index contributed by atoms with van der Waals surface area (Å²) in [6, 6.07) is 0.513.